The van der Waals surface area contributed by atoms with Crippen molar-refractivity contribution in [2.45, 2.75) is 6.92 Å². The van der Waals surface area contributed by atoms with Crippen molar-refractivity contribution in [3.63, 3.8) is 0 Å². The summed E-state index contributed by atoms with van der Waals surface area (Å²) in [7, 11) is 1.46. The van der Waals surface area contributed by atoms with Gasteiger partial charge in [0.1, 0.15) is 6.54 Å². The first kappa shape index (κ1) is 23.2. The molecule has 1 fully saturated rings. The molecule has 0 atom stereocenters. The van der Waals surface area contributed by atoms with Gasteiger partial charge in [-0.05, 0) is 43.0 Å². The third kappa shape index (κ3) is 4.72. The molecule has 3 amide bonds. The van der Waals surface area contributed by atoms with Crippen LogP contribution < -0.4 is 14.8 Å². The summed E-state index contributed by atoms with van der Waals surface area (Å²) in [5, 5.41) is 1.30. The Morgan fingerprint density at radius 2 is 1.91 bits per heavy atom. The van der Waals surface area contributed by atoms with Crippen LogP contribution >= 0.6 is 11.8 Å². The zero-order chi connectivity index (χ0) is 23.4. The van der Waals surface area contributed by atoms with Crippen molar-refractivity contribution in [1.29, 1.82) is 0 Å². The monoisotopic (exact) mass is 466 g/mol. The summed E-state index contributed by atoms with van der Waals surface area (Å²) in [5.74, 6) is -5.64. The van der Waals surface area contributed by atoms with E-state index < -0.39 is 46.7 Å². The van der Waals surface area contributed by atoms with Crippen molar-refractivity contribution in [1.82, 2.24) is 4.90 Å². The van der Waals surface area contributed by atoms with E-state index in [1.807, 2.05) is 5.32 Å². The molecule has 1 aliphatic rings. The largest absolute Gasteiger partial charge is 0.493 e. The van der Waals surface area contributed by atoms with Gasteiger partial charge in [-0.2, -0.15) is 0 Å². The molecule has 7 nitrogen and oxygen atoms in total. The van der Waals surface area contributed by atoms with Gasteiger partial charge in [0, 0.05) is 5.56 Å². The highest BCUT2D eigenvalue weighted by Gasteiger charge is 2.36. The molecule has 2 aromatic rings. The van der Waals surface area contributed by atoms with Crippen molar-refractivity contribution in [3.8, 4) is 11.5 Å². The molecule has 0 unspecified atom stereocenters. The molecule has 1 heterocycles. The summed E-state index contributed by atoms with van der Waals surface area (Å²) < 4.78 is 50.9. The SMILES string of the molecule is CCOc1c(/C=C2/SC(=O)N(CC(=O)Nc3ccc(F)c(F)c3F)C2=O)cccc1OC. The van der Waals surface area contributed by atoms with Gasteiger partial charge in [0.15, 0.2) is 29.0 Å². The van der Waals surface area contributed by atoms with E-state index in [9.17, 15) is 27.6 Å². The number of hydrogen-bond acceptors (Lipinski definition) is 6. The lowest BCUT2D eigenvalue weighted by Gasteiger charge is -2.13. The van der Waals surface area contributed by atoms with Crippen LogP contribution in [0.25, 0.3) is 6.08 Å². The van der Waals surface area contributed by atoms with E-state index in [4.69, 9.17) is 9.47 Å². The van der Waals surface area contributed by atoms with Crippen molar-refractivity contribution in [2.75, 3.05) is 25.6 Å². The van der Waals surface area contributed by atoms with Crippen LogP contribution in [0, 0.1) is 17.5 Å². The van der Waals surface area contributed by atoms with Gasteiger partial charge in [0.2, 0.25) is 5.91 Å². The molecule has 1 N–H and O–H groups in total. The molecular weight excluding hydrogens is 449 g/mol. The van der Waals surface area contributed by atoms with Gasteiger partial charge >= 0.3 is 0 Å². The minimum Gasteiger partial charge on any atom is -0.493 e. The van der Waals surface area contributed by atoms with Crippen LogP contribution in [0.3, 0.4) is 0 Å². The smallest absolute Gasteiger partial charge is 0.294 e. The fourth-order valence-electron chi connectivity index (χ4n) is 2.84. The number of amides is 3. The molecule has 11 heteroatoms. The number of nitrogens with zero attached hydrogens (tertiary/aromatic N) is 1. The maximum atomic E-state index is 13.7. The second-order valence-corrected chi connectivity index (χ2v) is 7.34. The molecule has 168 valence electrons. The van der Waals surface area contributed by atoms with Crippen molar-refractivity contribution in [3.05, 3.63) is 58.3 Å². The molecule has 32 heavy (non-hydrogen) atoms. The lowest BCUT2D eigenvalue weighted by atomic mass is 10.1. The molecule has 0 spiro atoms. The van der Waals surface area contributed by atoms with Crippen LogP contribution in [-0.4, -0.2) is 42.2 Å². The van der Waals surface area contributed by atoms with Crippen molar-refractivity contribution in [2.24, 2.45) is 0 Å². The molecule has 2 aromatic carbocycles. The van der Waals surface area contributed by atoms with Gasteiger partial charge in [0.25, 0.3) is 11.1 Å². The number of halogens is 3. The highest BCUT2D eigenvalue weighted by molar-refractivity contribution is 8.18. The van der Waals surface area contributed by atoms with Crippen LogP contribution in [0.5, 0.6) is 11.5 Å². The predicted molar refractivity (Wildman–Crippen MR) is 112 cm³/mol. The Morgan fingerprint density at radius 1 is 1.16 bits per heavy atom. The zero-order valence-electron chi connectivity index (χ0n) is 16.9. The average Bonchev–Trinajstić information content (AvgIpc) is 3.02. The summed E-state index contributed by atoms with van der Waals surface area (Å²) in [6, 6.07) is 6.50. The minimum atomic E-state index is -1.75. The summed E-state index contributed by atoms with van der Waals surface area (Å²) >= 11 is 0.611. The maximum absolute atomic E-state index is 13.7. The van der Waals surface area contributed by atoms with E-state index in [1.54, 1.807) is 25.1 Å². The topological polar surface area (TPSA) is 84.9 Å². The maximum Gasteiger partial charge on any atom is 0.294 e. The Balaban J connectivity index is 1.78. The lowest BCUT2D eigenvalue weighted by molar-refractivity contribution is -0.127. The lowest BCUT2D eigenvalue weighted by Crippen LogP contribution is -2.36. The first-order valence-corrected chi connectivity index (χ1v) is 10.1. The molecule has 1 aliphatic heterocycles. The Kier molecular flexibility index (Phi) is 7.08. The normalized spacial score (nSPS) is 14.8. The van der Waals surface area contributed by atoms with E-state index in [1.165, 1.54) is 13.2 Å². The number of hydrogen-bond donors (Lipinski definition) is 1. The van der Waals surface area contributed by atoms with E-state index in [2.05, 4.69) is 0 Å². The molecule has 0 saturated carbocycles. The standard InChI is InChI=1S/C21H17F3N2O5S/c1-3-31-19-11(5-4-6-14(19)30-2)9-15-20(28)26(21(29)32-15)10-16(27)25-13-8-7-12(22)17(23)18(13)24/h4-9H,3,10H2,1-2H3,(H,25,27)/b15-9+. The Labute approximate surface area is 185 Å². The van der Waals surface area contributed by atoms with Crippen LogP contribution in [0.2, 0.25) is 0 Å². The number of methoxy groups -OCH3 is 1. The fraction of sp³-hybridized carbons (Fsp3) is 0.190. The number of carbonyl (C=O) groups excluding carboxylic acids is 3. The summed E-state index contributed by atoms with van der Waals surface area (Å²) in [4.78, 5) is 37.8. The number of nitrogens with one attached hydrogen (secondary N) is 1. The molecule has 0 radical (unpaired) electrons. The fourth-order valence-corrected chi connectivity index (χ4v) is 3.67. The Morgan fingerprint density at radius 3 is 2.59 bits per heavy atom. The highest BCUT2D eigenvalue weighted by Crippen LogP contribution is 2.37. The van der Waals surface area contributed by atoms with Crippen molar-refractivity contribution >= 4 is 40.6 Å². The molecule has 1 saturated heterocycles. The van der Waals surface area contributed by atoms with Crippen LogP contribution in [0.1, 0.15) is 12.5 Å². The van der Waals surface area contributed by atoms with Gasteiger partial charge in [-0.25, -0.2) is 13.2 Å². The zero-order valence-corrected chi connectivity index (χ0v) is 17.7. The summed E-state index contributed by atoms with van der Waals surface area (Å²) in [6.45, 7) is 1.37. The minimum absolute atomic E-state index is 0.0380. The summed E-state index contributed by atoms with van der Waals surface area (Å²) in [5.41, 5.74) is -0.126. The van der Waals surface area contributed by atoms with Gasteiger partial charge in [-0.3, -0.25) is 19.3 Å². The quantitative estimate of drug-likeness (QED) is 0.487. The highest BCUT2D eigenvalue weighted by atomic mass is 32.2. The van der Waals surface area contributed by atoms with Crippen LogP contribution in [-0.2, 0) is 9.59 Å². The van der Waals surface area contributed by atoms with E-state index in [-0.39, 0.29) is 4.91 Å². The number of para-hydroxylation sites is 1. The third-order valence-electron chi connectivity index (χ3n) is 4.29. The van der Waals surface area contributed by atoms with Crippen molar-refractivity contribution < 1.29 is 37.0 Å². The molecule has 3 rings (SSSR count). The van der Waals surface area contributed by atoms with Gasteiger partial charge < -0.3 is 14.8 Å². The van der Waals surface area contributed by atoms with Gasteiger partial charge in [-0.15, -0.1) is 0 Å². The van der Waals surface area contributed by atoms with E-state index in [0.29, 0.717) is 46.4 Å². The summed E-state index contributed by atoms with van der Waals surface area (Å²) in [6.07, 6.45) is 1.44. The van der Waals surface area contributed by atoms with Gasteiger partial charge in [-0.1, -0.05) is 12.1 Å². The van der Waals surface area contributed by atoms with Crippen LogP contribution in [0.15, 0.2) is 35.2 Å². The first-order valence-electron chi connectivity index (χ1n) is 9.25. The Bertz CT molecular complexity index is 1120. The first-order chi connectivity index (χ1) is 15.3. The second-order valence-electron chi connectivity index (χ2n) is 6.35. The average molecular weight is 466 g/mol. The van der Waals surface area contributed by atoms with E-state index in [0.717, 1.165) is 6.07 Å². The second kappa shape index (κ2) is 9.77. The number of ether oxygens (including phenoxy) is 2. The van der Waals surface area contributed by atoms with Gasteiger partial charge in [0.05, 0.1) is 24.3 Å². The molecular formula is C21H17F3N2O5S. The number of rotatable bonds is 7. The molecule has 0 bridgehead atoms. The van der Waals surface area contributed by atoms with Crippen LogP contribution in [0.4, 0.5) is 23.7 Å². The number of anilines is 1. The third-order valence-corrected chi connectivity index (χ3v) is 5.20. The number of thioether (sulfide) groups is 1. The Hall–Kier alpha value is -3.47. The predicted octanol–water partition coefficient (Wildman–Crippen LogP) is 4.19. The molecule has 0 aromatic heterocycles. The number of imide groups is 1. The molecule has 0 aliphatic carbocycles. The number of benzene rings is 2. The number of carbonyl (C=O) groups is 3. The van der Waals surface area contributed by atoms with E-state index >= 15 is 0 Å².